The van der Waals surface area contributed by atoms with Gasteiger partial charge in [0.05, 0.1) is 0 Å². The zero-order chi connectivity index (χ0) is 8.69. The van der Waals surface area contributed by atoms with E-state index in [-0.39, 0.29) is 58.2 Å². The van der Waals surface area contributed by atoms with Crippen LogP contribution in [0.25, 0.3) is 5.32 Å². The topological polar surface area (TPSA) is 14.1 Å². The zero-order valence-corrected chi connectivity index (χ0v) is 14.3. The number of hydrogen-bond acceptors (Lipinski definition) is 0. The molecule has 12 heavy (non-hydrogen) atoms. The average Bonchev–Trinajstić information content (AvgIpc) is 2.10. The van der Waals surface area contributed by atoms with Gasteiger partial charge in [0, 0.05) is 0 Å². The molecule has 0 aliphatic carbocycles. The Kier molecular flexibility index (Phi) is 14.6. The van der Waals surface area contributed by atoms with Crippen molar-refractivity contribution in [3.8, 4) is 0 Å². The van der Waals surface area contributed by atoms with Crippen LogP contribution < -0.4 is 58.2 Å². The molecule has 1 nitrogen and oxygen atoms in total. The van der Waals surface area contributed by atoms with Gasteiger partial charge in [-0.05, 0) is 0 Å². The maximum atomic E-state index is 4.53. The molecule has 1 fully saturated rings. The first-order valence-electron chi connectivity index (χ1n) is 4.97. The molecular formula is C10H22NRb. The largest absolute Gasteiger partial charge is 1.00 e. The van der Waals surface area contributed by atoms with E-state index in [2.05, 4.69) is 19.2 Å². The van der Waals surface area contributed by atoms with E-state index in [0.29, 0.717) is 6.04 Å². The third-order valence-corrected chi connectivity index (χ3v) is 2.04. The van der Waals surface area contributed by atoms with Crippen molar-refractivity contribution in [1.29, 1.82) is 0 Å². The maximum absolute atomic E-state index is 4.53. The molecule has 68 valence electrons. The molecule has 0 aromatic rings. The van der Waals surface area contributed by atoms with Gasteiger partial charge in [-0.1, -0.05) is 52.9 Å². The molecule has 1 rings (SSSR count). The van der Waals surface area contributed by atoms with Crippen molar-refractivity contribution in [2.45, 2.75) is 53.0 Å². The molecule has 0 aromatic heterocycles. The number of rotatable bonds is 1. The van der Waals surface area contributed by atoms with Crippen molar-refractivity contribution in [2.75, 3.05) is 6.54 Å². The van der Waals surface area contributed by atoms with Crippen LogP contribution in [0.1, 0.15) is 47.0 Å². The number of piperidine rings is 1. The molecule has 0 amide bonds. The first-order chi connectivity index (χ1) is 5.30. The number of nitrogens with zero attached hydrogens (tertiary/aromatic N) is 1. The molecule has 1 aliphatic rings. The first kappa shape index (κ1) is 16.2. The quantitative estimate of drug-likeness (QED) is 0.639. The summed E-state index contributed by atoms with van der Waals surface area (Å²) in [6.07, 6.45) is 4.05. The normalized spacial score (nSPS) is 22.2. The fraction of sp³-hybridized carbons (Fsp3) is 1.00. The molecule has 0 bridgehead atoms. The molecule has 0 spiro atoms. The summed E-state index contributed by atoms with van der Waals surface area (Å²) in [7, 11) is 0. The van der Waals surface area contributed by atoms with E-state index in [0.717, 1.165) is 12.5 Å². The zero-order valence-electron chi connectivity index (χ0n) is 9.43. The molecule has 1 saturated heterocycles. The molecule has 0 aromatic carbocycles. The summed E-state index contributed by atoms with van der Waals surface area (Å²) in [5.74, 6) is 0.769. The van der Waals surface area contributed by atoms with Gasteiger partial charge in [0.15, 0.2) is 0 Å². The minimum atomic E-state index is 0. The van der Waals surface area contributed by atoms with E-state index in [1.807, 2.05) is 13.8 Å². The van der Waals surface area contributed by atoms with Crippen LogP contribution in [-0.2, 0) is 0 Å². The Morgan fingerprint density at radius 2 is 1.75 bits per heavy atom. The van der Waals surface area contributed by atoms with Gasteiger partial charge in [0.1, 0.15) is 0 Å². The molecule has 0 saturated carbocycles. The second-order valence-corrected chi connectivity index (χ2v) is 3.21. The molecule has 0 radical (unpaired) electrons. The summed E-state index contributed by atoms with van der Waals surface area (Å²) in [6, 6.07) is 0.679. The van der Waals surface area contributed by atoms with Gasteiger partial charge in [-0.2, -0.15) is 0 Å². The predicted octanol–water partition coefficient (Wildman–Crippen LogP) is 0.599. The van der Waals surface area contributed by atoms with Crippen LogP contribution in [0.15, 0.2) is 0 Å². The van der Waals surface area contributed by atoms with Gasteiger partial charge < -0.3 is 5.32 Å². The van der Waals surface area contributed by atoms with E-state index in [1.165, 1.54) is 19.3 Å². The maximum Gasteiger partial charge on any atom is 1.00 e. The fourth-order valence-electron chi connectivity index (χ4n) is 1.36. The second kappa shape index (κ2) is 10.8. The number of hydrogen-bond donors (Lipinski definition) is 0. The van der Waals surface area contributed by atoms with Crippen molar-refractivity contribution < 1.29 is 58.2 Å². The van der Waals surface area contributed by atoms with Gasteiger partial charge in [-0.15, -0.1) is 12.6 Å². The predicted molar refractivity (Wildman–Crippen MR) is 52.1 cm³/mol. The van der Waals surface area contributed by atoms with E-state index < -0.39 is 0 Å². The van der Waals surface area contributed by atoms with Crippen LogP contribution in [0, 0.1) is 5.92 Å². The van der Waals surface area contributed by atoms with Crippen LogP contribution >= 0.6 is 0 Å². The first-order valence-corrected chi connectivity index (χ1v) is 4.97. The van der Waals surface area contributed by atoms with Crippen molar-refractivity contribution in [2.24, 2.45) is 5.92 Å². The average molecular weight is 242 g/mol. The molecule has 1 atom stereocenters. The van der Waals surface area contributed by atoms with E-state index >= 15 is 0 Å². The Hall–Kier alpha value is 1.77. The molecule has 1 heterocycles. The molecule has 1 aliphatic heterocycles. The minimum absolute atomic E-state index is 0. The summed E-state index contributed by atoms with van der Waals surface area (Å²) in [5, 5.41) is 4.53. The SMILES string of the molecule is CC.CC(C)C1CCCC[N-]1.[Rb+]. The smallest absolute Gasteiger partial charge is 0.659 e. The monoisotopic (exact) mass is 241 g/mol. The third-order valence-electron chi connectivity index (χ3n) is 2.04. The van der Waals surface area contributed by atoms with Crippen LogP contribution in [-0.4, -0.2) is 12.6 Å². The Bertz CT molecular complexity index is 77.9. The molecular weight excluding hydrogens is 220 g/mol. The van der Waals surface area contributed by atoms with Gasteiger partial charge >= 0.3 is 58.2 Å². The Morgan fingerprint density at radius 1 is 1.17 bits per heavy atom. The van der Waals surface area contributed by atoms with E-state index in [4.69, 9.17) is 0 Å². The van der Waals surface area contributed by atoms with E-state index in [9.17, 15) is 0 Å². The van der Waals surface area contributed by atoms with Gasteiger partial charge in [0.2, 0.25) is 0 Å². The van der Waals surface area contributed by atoms with Crippen molar-refractivity contribution >= 4 is 0 Å². The molecule has 0 N–H and O–H groups in total. The summed E-state index contributed by atoms with van der Waals surface area (Å²) in [4.78, 5) is 0. The van der Waals surface area contributed by atoms with Crippen LogP contribution in [0.4, 0.5) is 0 Å². The van der Waals surface area contributed by atoms with Crippen molar-refractivity contribution in [3.05, 3.63) is 5.32 Å². The Labute approximate surface area is 127 Å². The van der Waals surface area contributed by atoms with Crippen LogP contribution in [0.3, 0.4) is 0 Å². The summed E-state index contributed by atoms with van der Waals surface area (Å²) >= 11 is 0. The molecule has 1 unspecified atom stereocenters. The Balaban J connectivity index is 0. The summed E-state index contributed by atoms with van der Waals surface area (Å²) in [6.45, 7) is 9.64. The minimum Gasteiger partial charge on any atom is -0.659 e. The van der Waals surface area contributed by atoms with Crippen molar-refractivity contribution in [3.63, 3.8) is 0 Å². The summed E-state index contributed by atoms with van der Waals surface area (Å²) in [5.41, 5.74) is 0. The summed E-state index contributed by atoms with van der Waals surface area (Å²) < 4.78 is 0. The fourth-order valence-corrected chi connectivity index (χ4v) is 1.36. The van der Waals surface area contributed by atoms with Crippen LogP contribution in [0.5, 0.6) is 0 Å². The van der Waals surface area contributed by atoms with Crippen LogP contribution in [0.2, 0.25) is 0 Å². The van der Waals surface area contributed by atoms with Gasteiger partial charge in [-0.3, -0.25) is 0 Å². The van der Waals surface area contributed by atoms with Gasteiger partial charge in [-0.25, -0.2) is 0 Å². The Morgan fingerprint density at radius 3 is 2.00 bits per heavy atom. The van der Waals surface area contributed by atoms with Gasteiger partial charge in [0.25, 0.3) is 0 Å². The molecule has 2 heteroatoms. The van der Waals surface area contributed by atoms with E-state index in [1.54, 1.807) is 0 Å². The van der Waals surface area contributed by atoms with Crippen molar-refractivity contribution in [1.82, 2.24) is 0 Å². The second-order valence-electron chi connectivity index (χ2n) is 3.21. The standard InChI is InChI=1S/C8H16N.C2H6.Rb/c1-7(2)8-5-3-4-6-9-8;1-2;/h7-8H,3-6H2,1-2H3;1-2H3;/q-1;;+1. The third kappa shape index (κ3) is 7.20.